The summed E-state index contributed by atoms with van der Waals surface area (Å²) < 4.78 is 1.07. The molecule has 1 aliphatic heterocycles. The molecule has 3 nitrogen and oxygen atoms in total. The van der Waals surface area contributed by atoms with Gasteiger partial charge in [0.1, 0.15) is 0 Å². The molecule has 1 aliphatic rings. The van der Waals surface area contributed by atoms with Crippen molar-refractivity contribution in [3.63, 3.8) is 0 Å². The van der Waals surface area contributed by atoms with Gasteiger partial charge < -0.3 is 15.5 Å². The fraction of sp³-hybridized carbons (Fsp3) is 0.533. The SMILES string of the molecule is CCCN1CCC(NC(=S)Nc2ccc(Br)cc2)CC1. The van der Waals surface area contributed by atoms with Crippen molar-refractivity contribution in [3.05, 3.63) is 28.7 Å². The molecule has 1 fully saturated rings. The number of nitrogens with one attached hydrogen (secondary N) is 2. The van der Waals surface area contributed by atoms with Crippen LogP contribution in [0.25, 0.3) is 0 Å². The smallest absolute Gasteiger partial charge is 0.170 e. The van der Waals surface area contributed by atoms with Crippen LogP contribution in [0.15, 0.2) is 28.7 Å². The number of benzene rings is 1. The Morgan fingerprint density at radius 3 is 2.55 bits per heavy atom. The van der Waals surface area contributed by atoms with E-state index in [4.69, 9.17) is 12.2 Å². The Bertz CT molecular complexity index is 427. The number of thiocarbonyl (C=S) groups is 1. The molecule has 110 valence electrons. The lowest BCUT2D eigenvalue weighted by Gasteiger charge is -2.32. The molecule has 1 saturated heterocycles. The number of rotatable bonds is 4. The van der Waals surface area contributed by atoms with Crippen LogP contribution in [0.3, 0.4) is 0 Å². The van der Waals surface area contributed by atoms with Gasteiger partial charge in [-0.2, -0.15) is 0 Å². The quantitative estimate of drug-likeness (QED) is 0.806. The summed E-state index contributed by atoms with van der Waals surface area (Å²) in [5, 5.41) is 7.39. The van der Waals surface area contributed by atoms with Gasteiger partial charge in [0.2, 0.25) is 0 Å². The topological polar surface area (TPSA) is 27.3 Å². The lowest BCUT2D eigenvalue weighted by molar-refractivity contribution is 0.207. The lowest BCUT2D eigenvalue weighted by atomic mass is 10.1. The molecule has 0 aromatic heterocycles. The average Bonchev–Trinajstić information content (AvgIpc) is 2.44. The number of piperidine rings is 1. The zero-order chi connectivity index (χ0) is 14.4. The van der Waals surface area contributed by atoms with Crippen molar-refractivity contribution in [2.75, 3.05) is 25.0 Å². The number of likely N-dealkylation sites (tertiary alicyclic amines) is 1. The van der Waals surface area contributed by atoms with Crippen LogP contribution < -0.4 is 10.6 Å². The molecule has 0 aliphatic carbocycles. The fourth-order valence-corrected chi connectivity index (χ4v) is 3.05. The van der Waals surface area contributed by atoms with E-state index in [0.29, 0.717) is 6.04 Å². The molecule has 0 radical (unpaired) electrons. The Hall–Kier alpha value is -0.650. The van der Waals surface area contributed by atoms with E-state index in [1.807, 2.05) is 24.3 Å². The van der Waals surface area contributed by atoms with Crippen molar-refractivity contribution >= 4 is 38.9 Å². The average molecular weight is 356 g/mol. The highest BCUT2D eigenvalue weighted by Gasteiger charge is 2.18. The summed E-state index contributed by atoms with van der Waals surface area (Å²) in [6.45, 7) is 5.80. The second-order valence-electron chi connectivity index (χ2n) is 5.22. The first-order valence-corrected chi connectivity index (χ1v) is 8.43. The maximum atomic E-state index is 5.38. The second-order valence-corrected chi connectivity index (χ2v) is 6.55. The molecule has 0 bridgehead atoms. The van der Waals surface area contributed by atoms with Gasteiger partial charge in [-0.15, -0.1) is 0 Å². The normalized spacial score (nSPS) is 16.9. The maximum absolute atomic E-state index is 5.38. The highest BCUT2D eigenvalue weighted by atomic mass is 79.9. The molecule has 2 rings (SSSR count). The fourth-order valence-electron chi connectivity index (χ4n) is 2.50. The molecule has 1 aromatic rings. The van der Waals surface area contributed by atoms with Crippen molar-refractivity contribution < 1.29 is 0 Å². The Labute approximate surface area is 135 Å². The van der Waals surface area contributed by atoms with E-state index in [9.17, 15) is 0 Å². The number of nitrogens with zero attached hydrogens (tertiary/aromatic N) is 1. The summed E-state index contributed by atoms with van der Waals surface area (Å²) in [6, 6.07) is 8.55. The monoisotopic (exact) mass is 355 g/mol. The van der Waals surface area contributed by atoms with Crippen LogP contribution in [0, 0.1) is 0 Å². The van der Waals surface area contributed by atoms with Crippen molar-refractivity contribution in [3.8, 4) is 0 Å². The van der Waals surface area contributed by atoms with E-state index < -0.39 is 0 Å². The Morgan fingerprint density at radius 1 is 1.30 bits per heavy atom. The largest absolute Gasteiger partial charge is 0.360 e. The van der Waals surface area contributed by atoms with Crippen molar-refractivity contribution in [2.24, 2.45) is 0 Å². The zero-order valence-corrected chi connectivity index (χ0v) is 14.3. The van der Waals surface area contributed by atoms with Gasteiger partial charge in [0, 0.05) is 29.3 Å². The zero-order valence-electron chi connectivity index (χ0n) is 11.9. The van der Waals surface area contributed by atoms with Gasteiger partial charge in [-0.05, 0) is 62.3 Å². The highest BCUT2D eigenvalue weighted by Crippen LogP contribution is 2.15. The molecule has 1 heterocycles. The van der Waals surface area contributed by atoms with Gasteiger partial charge in [-0.25, -0.2) is 0 Å². The van der Waals surface area contributed by atoms with E-state index in [1.54, 1.807) is 0 Å². The van der Waals surface area contributed by atoms with Crippen LogP contribution in [-0.2, 0) is 0 Å². The van der Waals surface area contributed by atoms with E-state index in [2.05, 4.69) is 38.4 Å². The molecule has 2 N–H and O–H groups in total. The number of halogens is 1. The molecule has 20 heavy (non-hydrogen) atoms. The van der Waals surface area contributed by atoms with Gasteiger partial charge in [-0.1, -0.05) is 22.9 Å². The second kappa shape index (κ2) is 7.96. The summed E-state index contributed by atoms with van der Waals surface area (Å²) in [4.78, 5) is 2.53. The molecule has 0 unspecified atom stereocenters. The summed E-state index contributed by atoms with van der Waals surface area (Å²) in [5.41, 5.74) is 1.02. The Morgan fingerprint density at radius 2 is 1.95 bits per heavy atom. The van der Waals surface area contributed by atoms with Crippen LogP contribution in [0.1, 0.15) is 26.2 Å². The van der Waals surface area contributed by atoms with Crippen molar-refractivity contribution in [1.82, 2.24) is 10.2 Å². The molecule has 0 amide bonds. The van der Waals surface area contributed by atoms with Gasteiger partial charge in [-0.3, -0.25) is 0 Å². The molecule has 5 heteroatoms. The van der Waals surface area contributed by atoms with E-state index in [0.717, 1.165) is 15.3 Å². The van der Waals surface area contributed by atoms with Gasteiger partial charge in [0.25, 0.3) is 0 Å². The first-order chi connectivity index (χ1) is 9.67. The maximum Gasteiger partial charge on any atom is 0.170 e. The first-order valence-electron chi connectivity index (χ1n) is 7.23. The minimum Gasteiger partial charge on any atom is -0.360 e. The number of hydrogen-bond acceptors (Lipinski definition) is 2. The predicted molar refractivity (Wildman–Crippen MR) is 93.3 cm³/mol. The minimum absolute atomic E-state index is 0.499. The standard InChI is InChI=1S/C15H22BrN3S/c1-2-9-19-10-7-14(8-11-19)18-15(20)17-13-5-3-12(16)4-6-13/h3-6,14H,2,7-11H2,1H3,(H2,17,18,20). The summed E-state index contributed by atoms with van der Waals surface area (Å²) in [7, 11) is 0. The Kier molecular flexibility index (Phi) is 6.26. The van der Waals surface area contributed by atoms with E-state index in [1.165, 1.54) is 38.9 Å². The van der Waals surface area contributed by atoms with Crippen LogP contribution in [0.5, 0.6) is 0 Å². The lowest BCUT2D eigenvalue weighted by Crippen LogP contribution is -2.45. The Balaban J connectivity index is 1.74. The van der Waals surface area contributed by atoms with Crippen LogP contribution >= 0.6 is 28.1 Å². The minimum atomic E-state index is 0.499. The van der Waals surface area contributed by atoms with Crippen LogP contribution in [-0.4, -0.2) is 35.7 Å². The predicted octanol–water partition coefficient (Wildman–Crippen LogP) is 3.61. The molecule has 0 atom stereocenters. The number of hydrogen-bond donors (Lipinski definition) is 2. The van der Waals surface area contributed by atoms with Gasteiger partial charge >= 0.3 is 0 Å². The van der Waals surface area contributed by atoms with Crippen molar-refractivity contribution in [1.29, 1.82) is 0 Å². The summed E-state index contributed by atoms with van der Waals surface area (Å²) in [5.74, 6) is 0. The molecule has 0 saturated carbocycles. The van der Waals surface area contributed by atoms with Gasteiger partial charge in [0.15, 0.2) is 5.11 Å². The summed E-state index contributed by atoms with van der Waals surface area (Å²) in [6.07, 6.45) is 3.58. The third-order valence-corrected chi connectivity index (χ3v) is 4.31. The molecule has 0 spiro atoms. The molecular formula is C15H22BrN3S. The van der Waals surface area contributed by atoms with Crippen LogP contribution in [0.4, 0.5) is 5.69 Å². The van der Waals surface area contributed by atoms with E-state index in [-0.39, 0.29) is 0 Å². The summed E-state index contributed by atoms with van der Waals surface area (Å²) >= 11 is 8.81. The van der Waals surface area contributed by atoms with Crippen LogP contribution in [0.2, 0.25) is 0 Å². The number of anilines is 1. The molecule has 1 aromatic carbocycles. The first kappa shape index (κ1) is 15.7. The molecular weight excluding hydrogens is 334 g/mol. The highest BCUT2D eigenvalue weighted by molar-refractivity contribution is 9.10. The third kappa shape index (κ3) is 5.04. The third-order valence-electron chi connectivity index (χ3n) is 3.56. The van der Waals surface area contributed by atoms with E-state index >= 15 is 0 Å². The van der Waals surface area contributed by atoms with Crippen molar-refractivity contribution in [2.45, 2.75) is 32.2 Å². The van der Waals surface area contributed by atoms with Gasteiger partial charge in [0.05, 0.1) is 0 Å².